The normalized spacial score (nSPS) is 19.3. The number of nitrogens with one attached hydrogen (secondary N) is 1. The fraction of sp³-hybridized carbons (Fsp3) is 0.538. The lowest BCUT2D eigenvalue weighted by Gasteiger charge is -2.26. The Balaban J connectivity index is 2.00. The van der Waals surface area contributed by atoms with Crippen LogP contribution in [0.5, 0.6) is 0 Å². The van der Waals surface area contributed by atoms with E-state index in [9.17, 15) is 10.1 Å². The molecule has 0 aliphatic carbocycles. The number of rotatable bonds is 5. The number of nitro benzene ring substituents is 1. The summed E-state index contributed by atoms with van der Waals surface area (Å²) in [6.07, 6.45) is 1.18. The van der Waals surface area contributed by atoms with E-state index in [2.05, 4.69) is 17.1 Å². The standard InChI is InChI=1S/C13H19N3O2/c1-2-15(13-7-8-14-9-13)10-11-3-5-12(6-4-11)16(17)18/h3-6,13-14H,2,7-10H2,1H3. The molecule has 1 fully saturated rings. The highest BCUT2D eigenvalue weighted by Crippen LogP contribution is 2.16. The van der Waals surface area contributed by atoms with Crippen molar-refractivity contribution in [2.75, 3.05) is 19.6 Å². The second-order valence-electron chi connectivity index (χ2n) is 4.63. The molecule has 1 unspecified atom stereocenters. The lowest BCUT2D eigenvalue weighted by Crippen LogP contribution is -2.36. The molecule has 1 N–H and O–H groups in total. The molecule has 98 valence electrons. The van der Waals surface area contributed by atoms with Crippen LogP contribution in [0, 0.1) is 10.1 Å². The average molecular weight is 249 g/mol. The zero-order chi connectivity index (χ0) is 13.0. The Hall–Kier alpha value is -1.46. The molecule has 1 aliphatic rings. The second kappa shape index (κ2) is 5.93. The molecule has 1 saturated heterocycles. The van der Waals surface area contributed by atoms with Crippen molar-refractivity contribution in [3.8, 4) is 0 Å². The fourth-order valence-corrected chi connectivity index (χ4v) is 2.41. The number of benzene rings is 1. The van der Waals surface area contributed by atoms with Crippen LogP contribution in [0.1, 0.15) is 18.9 Å². The first-order valence-electron chi connectivity index (χ1n) is 6.39. The van der Waals surface area contributed by atoms with Crippen LogP contribution in [0.25, 0.3) is 0 Å². The minimum Gasteiger partial charge on any atom is -0.315 e. The zero-order valence-corrected chi connectivity index (χ0v) is 10.6. The predicted octanol–water partition coefficient (Wildman–Crippen LogP) is 1.78. The molecule has 0 aromatic heterocycles. The van der Waals surface area contributed by atoms with E-state index in [1.165, 1.54) is 6.42 Å². The Labute approximate surface area is 107 Å². The molecule has 1 aromatic rings. The lowest BCUT2D eigenvalue weighted by molar-refractivity contribution is -0.384. The molecule has 1 aliphatic heterocycles. The summed E-state index contributed by atoms with van der Waals surface area (Å²) in [6, 6.07) is 7.45. The number of hydrogen-bond acceptors (Lipinski definition) is 4. The highest BCUT2D eigenvalue weighted by Gasteiger charge is 2.21. The highest BCUT2D eigenvalue weighted by atomic mass is 16.6. The lowest BCUT2D eigenvalue weighted by atomic mass is 10.1. The molecule has 2 rings (SSSR count). The van der Waals surface area contributed by atoms with Crippen LogP contribution in [0.2, 0.25) is 0 Å². The van der Waals surface area contributed by atoms with Gasteiger partial charge in [0.1, 0.15) is 0 Å². The van der Waals surface area contributed by atoms with Crippen molar-refractivity contribution in [3.05, 3.63) is 39.9 Å². The zero-order valence-electron chi connectivity index (χ0n) is 10.6. The summed E-state index contributed by atoms with van der Waals surface area (Å²) >= 11 is 0. The van der Waals surface area contributed by atoms with Gasteiger partial charge >= 0.3 is 0 Å². The minimum atomic E-state index is -0.359. The summed E-state index contributed by atoms with van der Waals surface area (Å²) in [7, 11) is 0. The molecule has 18 heavy (non-hydrogen) atoms. The molecular weight excluding hydrogens is 230 g/mol. The summed E-state index contributed by atoms with van der Waals surface area (Å²) in [5.41, 5.74) is 1.29. The summed E-state index contributed by atoms with van der Waals surface area (Å²) in [5.74, 6) is 0. The Bertz CT molecular complexity index is 399. The number of non-ortho nitro benzene ring substituents is 1. The van der Waals surface area contributed by atoms with E-state index in [1.54, 1.807) is 12.1 Å². The van der Waals surface area contributed by atoms with Gasteiger partial charge in [0.15, 0.2) is 0 Å². The second-order valence-corrected chi connectivity index (χ2v) is 4.63. The summed E-state index contributed by atoms with van der Waals surface area (Å²) < 4.78 is 0. The first kappa shape index (κ1) is 13.0. The quantitative estimate of drug-likeness (QED) is 0.638. The van der Waals surface area contributed by atoms with Crippen molar-refractivity contribution in [2.24, 2.45) is 0 Å². The predicted molar refractivity (Wildman–Crippen MR) is 70.5 cm³/mol. The van der Waals surface area contributed by atoms with Gasteiger partial charge in [-0.3, -0.25) is 15.0 Å². The molecule has 5 heteroatoms. The summed E-state index contributed by atoms with van der Waals surface area (Å²) in [6.45, 7) is 6.15. The Morgan fingerprint density at radius 3 is 2.67 bits per heavy atom. The monoisotopic (exact) mass is 249 g/mol. The van der Waals surface area contributed by atoms with Crippen LogP contribution < -0.4 is 5.32 Å². The molecule has 0 radical (unpaired) electrons. The number of nitro groups is 1. The van der Waals surface area contributed by atoms with Gasteiger partial charge in [-0.2, -0.15) is 0 Å². The maximum Gasteiger partial charge on any atom is 0.269 e. The van der Waals surface area contributed by atoms with Crippen LogP contribution in [0.4, 0.5) is 5.69 Å². The van der Waals surface area contributed by atoms with E-state index >= 15 is 0 Å². The molecule has 5 nitrogen and oxygen atoms in total. The van der Waals surface area contributed by atoms with Gasteiger partial charge in [-0.05, 0) is 25.1 Å². The molecule has 1 atom stereocenters. The molecule has 1 heterocycles. The largest absolute Gasteiger partial charge is 0.315 e. The van der Waals surface area contributed by atoms with Gasteiger partial charge in [-0.1, -0.05) is 19.1 Å². The van der Waals surface area contributed by atoms with Gasteiger partial charge in [0, 0.05) is 31.3 Å². The Kier molecular flexibility index (Phi) is 4.28. The minimum absolute atomic E-state index is 0.157. The third-order valence-corrected chi connectivity index (χ3v) is 3.49. The molecule has 0 bridgehead atoms. The topological polar surface area (TPSA) is 58.4 Å². The van der Waals surface area contributed by atoms with Crippen LogP contribution in [-0.4, -0.2) is 35.5 Å². The van der Waals surface area contributed by atoms with Crippen molar-refractivity contribution >= 4 is 5.69 Å². The fourth-order valence-electron chi connectivity index (χ4n) is 2.41. The van der Waals surface area contributed by atoms with E-state index < -0.39 is 0 Å². The van der Waals surface area contributed by atoms with Crippen molar-refractivity contribution < 1.29 is 4.92 Å². The van der Waals surface area contributed by atoms with Gasteiger partial charge in [0.2, 0.25) is 0 Å². The highest BCUT2D eigenvalue weighted by molar-refractivity contribution is 5.32. The van der Waals surface area contributed by atoms with Crippen LogP contribution in [-0.2, 0) is 6.54 Å². The van der Waals surface area contributed by atoms with Crippen molar-refractivity contribution in [3.63, 3.8) is 0 Å². The van der Waals surface area contributed by atoms with Gasteiger partial charge in [0.05, 0.1) is 4.92 Å². The van der Waals surface area contributed by atoms with Crippen molar-refractivity contribution in [2.45, 2.75) is 25.9 Å². The number of nitrogens with zero attached hydrogens (tertiary/aromatic N) is 2. The molecule has 1 aromatic carbocycles. The van der Waals surface area contributed by atoms with Crippen LogP contribution in [0.15, 0.2) is 24.3 Å². The summed E-state index contributed by atoms with van der Waals surface area (Å²) in [4.78, 5) is 12.6. The van der Waals surface area contributed by atoms with E-state index in [4.69, 9.17) is 0 Å². The molecule has 0 spiro atoms. The number of hydrogen-bond donors (Lipinski definition) is 1. The van der Waals surface area contributed by atoms with Crippen LogP contribution in [0.3, 0.4) is 0 Å². The maximum atomic E-state index is 10.6. The van der Waals surface area contributed by atoms with Gasteiger partial charge in [0.25, 0.3) is 5.69 Å². The number of likely N-dealkylation sites (N-methyl/N-ethyl adjacent to an activating group) is 1. The van der Waals surface area contributed by atoms with Gasteiger partial charge in [-0.15, -0.1) is 0 Å². The van der Waals surface area contributed by atoms with E-state index in [0.29, 0.717) is 6.04 Å². The third kappa shape index (κ3) is 3.05. The van der Waals surface area contributed by atoms with Crippen LogP contribution >= 0.6 is 0 Å². The SMILES string of the molecule is CCN(Cc1ccc([N+](=O)[O-])cc1)C1CCNC1. The Morgan fingerprint density at radius 2 is 2.17 bits per heavy atom. The van der Waals surface area contributed by atoms with Crippen molar-refractivity contribution in [1.29, 1.82) is 0 Å². The molecule has 0 amide bonds. The average Bonchev–Trinajstić information content (AvgIpc) is 2.90. The molecule has 0 saturated carbocycles. The maximum absolute atomic E-state index is 10.6. The smallest absolute Gasteiger partial charge is 0.269 e. The van der Waals surface area contributed by atoms with E-state index in [1.807, 2.05) is 12.1 Å². The first-order valence-corrected chi connectivity index (χ1v) is 6.39. The van der Waals surface area contributed by atoms with Gasteiger partial charge < -0.3 is 5.32 Å². The third-order valence-electron chi connectivity index (χ3n) is 3.49. The van der Waals surface area contributed by atoms with Gasteiger partial charge in [-0.25, -0.2) is 0 Å². The Morgan fingerprint density at radius 1 is 1.44 bits per heavy atom. The first-order chi connectivity index (χ1) is 8.70. The van der Waals surface area contributed by atoms with E-state index in [0.717, 1.165) is 31.7 Å². The molecular formula is C13H19N3O2. The summed E-state index contributed by atoms with van der Waals surface area (Å²) in [5, 5.41) is 14.0. The van der Waals surface area contributed by atoms with Crippen molar-refractivity contribution in [1.82, 2.24) is 10.2 Å². The van der Waals surface area contributed by atoms with E-state index in [-0.39, 0.29) is 10.6 Å².